The van der Waals surface area contributed by atoms with E-state index in [2.05, 4.69) is 11.9 Å². The molecule has 0 saturated heterocycles. The molecule has 1 aromatic carbocycles. The summed E-state index contributed by atoms with van der Waals surface area (Å²) in [4.78, 5) is 34.0. The summed E-state index contributed by atoms with van der Waals surface area (Å²) in [6, 6.07) is 9.80. The first-order valence-corrected chi connectivity index (χ1v) is 13.8. The second kappa shape index (κ2) is 10.5. The number of ether oxygens (including phenoxy) is 1. The van der Waals surface area contributed by atoms with Gasteiger partial charge in [0.1, 0.15) is 4.88 Å². The first-order chi connectivity index (χ1) is 17.4. The molecular formula is C27H29N3O4S2. The highest BCUT2D eigenvalue weighted by Gasteiger charge is 2.32. The van der Waals surface area contributed by atoms with Crippen LogP contribution in [0.4, 0.5) is 5.69 Å². The van der Waals surface area contributed by atoms with E-state index >= 15 is 0 Å². The second-order valence-corrected chi connectivity index (χ2v) is 11.3. The zero-order chi connectivity index (χ0) is 25.2. The Kier molecular flexibility index (Phi) is 7.22. The van der Waals surface area contributed by atoms with E-state index in [1.807, 2.05) is 52.5 Å². The monoisotopic (exact) mass is 523 g/mol. The van der Waals surface area contributed by atoms with Crippen molar-refractivity contribution in [2.24, 2.45) is 11.8 Å². The predicted octanol–water partition coefficient (Wildman–Crippen LogP) is 6.30. The third kappa shape index (κ3) is 4.96. The molecule has 1 aliphatic carbocycles. The van der Waals surface area contributed by atoms with Crippen LogP contribution in [-0.2, 0) is 9.53 Å². The number of thiazole rings is 1. The van der Waals surface area contributed by atoms with Gasteiger partial charge in [-0.05, 0) is 43.2 Å². The lowest BCUT2D eigenvalue weighted by atomic mass is 9.82. The number of carboxylic acid groups (broad SMARTS) is 1. The number of thiophene rings is 1. The summed E-state index contributed by atoms with van der Waals surface area (Å²) in [6.07, 6.45) is 7.71. The third-order valence-electron chi connectivity index (χ3n) is 6.91. The van der Waals surface area contributed by atoms with Crippen LogP contribution in [0.3, 0.4) is 0 Å². The lowest BCUT2D eigenvalue weighted by Gasteiger charge is -2.31. The fraction of sp³-hybridized carbons (Fsp3) is 0.370. The summed E-state index contributed by atoms with van der Waals surface area (Å²) in [6.45, 7) is 2.89. The Morgan fingerprint density at radius 2 is 1.89 bits per heavy atom. The number of carbonyl (C=O) groups is 2. The molecule has 0 atom stereocenters. The Labute approximate surface area is 218 Å². The van der Waals surface area contributed by atoms with Gasteiger partial charge in [-0.1, -0.05) is 31.2 Å². The molecule has 3 heterocycles. The van der Waals surface area contributed by atoms with Crippen LogP contribution >= 0.6 is 22.7 Å². The number of methoxy groups -OCH3 is 1. The molecule has 1 aliphatic rings. The number of aromatic nitrogens is 2. The first kappa shape index (κ1) is 24.7. The minimum absolute atomic E-state index is 0.000832. The Balaban J connectivity index is 1.45. The number of carbonyl (C=O) groups excluding carboxylic acids is 1. The number of anilines is 1. The van der Waals surface area contributed by atoms with Gasteiger partial charge in [-0.2, -0.15) is 0 Å². The van der Waals surface area contributed by atoms with Crippen molar-refractivity contribution >= 4 is 45.2 Å². The van der Waals surface area contributed by atoms with E-state index in [-0.39, 0.29) is 16.7 Å². The largest absolute Gasteiger partial charge is 0.477 e. The van der Waals surface area contributed by atoms with Gasteiger partial charge < -0.3 is 14.7 Å². The Hall–Kier alpha value is -3.01. The van der Waals surface area contributed by atoms with Crippen LogP contribution in [0.5, 0.6) is 0 Å². The summed E-state index contributed by atoms with van der Waals surface area (Å²) in [5.74, 6) is -0.471. The smallest absolute Gasteiger partial charge is 0.348 e. The van der Waals surface area contributed by atoms with Crippen LogP contribution in [0.2, 0.25) is 0 Å². The maximum Gasteiger partial charge on any atom is 0.348 e. The van der Waals surface area contributed by atoms with Gasteiger partial charge in [0.15, 0.2) is 4.96 Å². The molecule has 36 heavy (non-hydrogen) atoms. The summed E-state index contributed by atoms with van der Waals surface area (Å²) in [7, 11) is 1.59. The molecule has 1 amide bonds. The van der Waals surface area contributed by atoms with E-state index in [0.717, 1.165) is 52.3 Å². The first-order valence-electron chi connectivity index (χ1n) is 12.1. The Bertz CT molecular complexity index is 1330. The molecule has 188 valence electrons. The number of carboxylic acids is 1. The number of hydrogen-bond donors (Lipinski definition) is 1. The van der Waals surface area contributed by atoms with Crippen molar-refractivity contribution in [3.63, 3.8) is 0 Å². The molecular weight excluding hydrogens is 494 g/mol. The van der Waals surface area contributed by atoms with E-state index < -0.39 is 5.97 Å². The molecule has 0 aliphatic heterocycles. The lowest BCUT2D eigenvalue weighted by Crippen LogP contribution is -2.40. The van der Waals surface area contributed by atoms with E-state index in [9.17, 15) is 14.7 Å². The maximum atomic E-state index is 13.6. The number of imidazole rings is 1. The van der Waals surface area contributed by atoms with E-state index in [4.69, 9.17) is 4.74 Å². The van der Waals surface area contributed by atoms with Crippen molar-refractivity contribution in [3.8, 4) is 21.7 Å². The third-order valence-corrected chi connectivity index (χ3v) is 8.84. The predicted molar refractivity (Wildman–Crippen MR) is 144 cm³/mol. The standard InChI is InChI=1S/C27H29N3O4S2/c1-17-3-5-20(6-4-17)25(31)30(11-13-34-2)22-15-23(36-24(22)26(32)33)19-9-7-18(8-10-19)21-16-29-12-14-35-27(29)28-21/h7-10,12,14-17,20H,3-6,11,13H2,1-2H3,(H,32,33). The van der Waals surface area contributed by atoms with Crippen molar-refractivity contribution in [1.82, 2.24) is 9.38 Å². The molecule has 1 fully saturated rings. The number of aromatic carboxylic acids is 1. The Morgan fingerprint density at radius 1 is 1.17 bits per heavy atom. The summed E-state index contributed by atoms with van der Waals surface area (Å²) >= 11 is 2.79. The second-order valence-electron chi connectivity index (χ2n) is 9.37. The minimum Gasteiger partial charge on any atom is -0.477 e. The van der Waals surface area contributed by atoms with Gasteiger partial charge in [-0.25, -0.2) is 9.78 Å². The molecule has 4 aromatic rings. The van der Waals surface area contributed by atoms with Crippen LogP contribution in [0, 0.1) is 11.8 Å². The van der Waals surface area contributed by atoms with Crippen molar-refractivity contribution in [3.05, 3.63) is 53.0 Å². The van der Waals surface area contributed by atoms with Crippen LogP contribution in [-0.4, -0.2) is 46.6 Å². The molecule has 5 rings (SSSR count). The fourth-order valence-corrected chi connectivity index (χ4v) is 6.51. The highest BCUT2D eigenvalue weighted by molar-refractivity contribution is 7.18. The number of amides is 1. The highest BCUT2D eigenvalue weighted by Crippen LogP contribution is 2.39. The number of nitrogens with zero attached hydrogens (tertiary/aromatic N) is 3. The van der Waals surface area contributed by atoms with Gasteiger partial charge in [0, 0.05) is 47.8 Å². The van der Waals surface area contributed by atoms with Gasteiger partial charge in [-0.3, -0.25) is 9.20 Å². The number of benzene rings is 1. The highest BCUT2D eigenvalue weighted by atomic mass is 32.1. The fourth-order valence-electron chi connectivity index (χ4n) is 4.81. The maximum absolute atomic E-state index is 13.6. The average Bonchev–Trinajstić information content (AvgIpc) is 3.60. The Morgan fingerprint density at radius 3 is 2.56 bits per heavy atom. The normalized spacial score (nSPS) is 17.9. The lowest BCUT2D eigenvalue weighted by molar-refractivity contribution is -0.123. The molecule has 0 bridgehead atoms. The van der Waals surface area contributed by atoms with Crippen LogP contribution in [0.25, 0.3) is 26.7 Å². The zero-order valence-electron chi connectivity index (χ0n) is 20.3. The molecule has 3 aromatic heterocycles. The van der Waals surface area contributed by atoms with Crippen molar-refractivity contribution in [1.29, 1.82) is 0 Å². The summed E-state index contributed by atoms with van der Waals surface area (Å²) in [5.41, 5.74) is 3.25. The minimum atomic E-state index is -1.02. The van der Waals surface area contributed by atoms with Crippen molar-refractivity contribution in [2.75, 3.05) is 25.2 Å². The van der Waals surface area contributed by atoms with Gasteiger partial charge in [0.2, 0.25) is 5.91 Å². The van der Waals surface area contributed by atoms with Crippen molar-refractivity contribution in [2.45, 2.75) is 32.6 Å². The molecule has 9 heteroatoms. The summed E-state index contributed by atoms with van der Waals surface area (Å²) in [5, 5.41) is 12.0. The van der Waals surface area contributed by atoms with E-state index in [1.54, 1.807) is 23.3 Å². The molecule has 0 unspecified atom stereocenters. The molecule has 0 spiro atoms. The van der Waals surface area contributed by atoms with Crippen molar-refractivity contribution < 1.29 is 19.4 Å². The SMILES string of the molecule is COCCN(C(=O)C1CCC(C)CC1)c1cc(-c2ccc(-c3cn4ccsc4n3)cc2)sc1C(=O)O. The topological polar surface area (TPSA) is 84.1 Å². The van der Waals surface area contributed by atoms with E-state index in [0.29, 0.717) is 24.8 Å². The molecule has 1 N–H and O–H groups in total. The average molecular weight is 524 g/mol. The van der Waals surface area contributed by atoms with Crippen LogP contribution in [0.15, 0.2) is 48.1 Å². The quantitative estimate of drug-likeness (QED) is 0.293. The van der Waals surface area contributed by atoms with Gasteiger partial charge in [0.05, 0.1) is 18.0 Å². The van der Waals surface area contributed by atoms with Gasteiger partial charge in [0.25, 0.3) is 0 Å². The number of hydrogen-bond acceptors (Lipinski definition) is 6. The molecule has 7 nitrogen and oxygen atoms in total. The number of fused-ring (bicyclic) bond motifs is 1. The van der Waals surface area contributed by atoms with Crippen LogP contribution in [0.1, 0.15) is 42.3 Å². The summed E-state index contributed by atoms with van der Waals surface area (Å²) < 4.78 is 7.26. The van der Waals surface area contributed by atoms with Gasteiger partial charge >= 0.3 is 5.97 Å². The molecule has 0 radical (unpaired) electrons. The van der Waals surface area contributed by atoms with E-state index in [1.165, 1.54) is 11.3 Å². The zero-order valence-corrected chi connectivity index (χ0v) is 22.0. The van der Waals surface area contributed by atoms with Crippen LogP contribution < -0.4 is 4.90 Å². The van der Waals surface area contributed by atoms with Gasteiger partial charge in [-0.15, -0.1) is 22.7 Å². The number of rotatable bonds is 8. The molecule has 1 saturated carbocycles.